The van der Waals surface area contributed by atoms with Crippen LogP contribution in [0.1, 0.15) is 29.8 Å². The van der Waals surface area contributed by atoms with Gasteiger partial charge in [0.15, 0.2) is 0 Å². The fourth-order valence-corrected chi connectivity index (χ4v) is 7.38. The highest BCUT2D eigenvalue weighted by atomic mass is 32.2. The van der Waals surface area contributed by atoms with E-state index in [4.69, 9.17) is 4.74 Å². The fraction of sp³-hybridized carbons (Fsp3) is 0.371. The fourth-order valence-electron chi connectivity index (χ4n) is 5.96. The largest absolute Gasteiger partial charge is 0.439 e. The second-order valence-electron chi connectivity index (χ2n) is 12.4. The lowest BCUT2D eigenvalue weighted by Gasteiger charge is -2.38. The van der Waals surface area contributed by atoms with Crippen molar-refractivity contribution in [1.29, 1.82) is 0 Å². The molecule has 1 aromatic carbocycles. The van der Waals surface area contributed by atoms with Crippen LogP contribution in [0.2, 0.25) is 0 Å². The lowest BCUT2D eigenvalue weighted by Crippen LogP contribution is -2.49. The van der Waals surface area contributed by atoms with E-state index in [0.717, 1.165) is 68.2 Å². The third-order valence-corrected chi connectivity index (χ3v) is 10.7. The molecule has 0 unspecified atom stereocenters. The number of anilines is 2. The summed E-state index contributed by atoms with van der Waals surface area (Å²) < 4.78 is 33.5. The molecule has 2 saturated heterocycles. The number of sulfonamides is 1. The maximum absolute atomic E-state index is 13.5. The molecule has 6 rings (SSSR count). The third kappa shape index (κ3) is 8.16. The van der Waals surface area contributed by atoms with Gasteiger partial charge in [-0.3, -0.25) is 19.8 Å². The Kier molecular flexibility index (Phi) is 10.3. The molecule has 3 aromatic heterocycles. The van der Waals surface area contributed by atoms with Crippen LogP contribution in [0.5, 0.6) is 11.6 Å². The molecule has 2 amide bonds. The molecule has 13 heteroatoms. The molecule has 4 aromatic rings. The molecule has 0 radical (unpaired) electrons. The first-order valence-corrected chi connectivity index (χ1v) is 17.7. The van der Waals surface area contributed by atoms with Gasteiger partial charge < -0.3 is 15.0 Å². The van der Waals surface area contributed by atoms with Crippen molar-refractivity contribution >= 4 is 27.4 Å². The van der Waals surface area contributed by atoms with Crippen LogP contribution in [0.15, 0.2) is 84.1 Å². The molecular weight excluding hydrogens is 629 g/mol. The molecule has 252 valence electrons. The number of pyridine rings is 3. The Labute approximate surface area is 282 Å². The highest BCUT2D eigenvalue weighted by Crippen LogP contribution is 2.27. The van der Waals surface area contributed by atoms with Crippen LogP contribution in [-0.2, 0) is 16.6 Å². The predicted molar refractivity (Wildman–Crippen MR) is 185 cm³/mol. The van der Waals surface area contributed by atoms with Crippen LogP contribution < -0.4 is 15.0 Å². The summed E-state index contributed by atoms with van der Waals surface area (Å²) in [6, 6.07) is 17.7. The third-order valence-electron chi connectivity index (χ3n) is 8.83. The molecule has 0 aliphatic carbocycles. The van der Waals surface area contributed by atoms with Crippen molar-refractivity contribution < 1.29 is 17.9 Å². The Bertz CT molecular complexity index is 1770. The highest BCUT2D eigenvalue weighted by molar-refractivity contribution is 7.89. The minimum absolute atomic E-state index is 0.0148. The van der Waals surface area contributed by atoms with Crippen molar-refractivity contribution in [2.75, 3.05) is 56.5 Å². The second kappa shape index (κ2) is 14.8. The maximum atomic E-state index is 13.5. The minimum Gasteiger partial charge on any atom is -0.439 e. The summed E-state index contributed by atoms with van der Waals surface area (Å²) >= 11 is 0. The monoisotopic (exact) mass is 670 g/mol. The number of likely N-dealkylation sites (tertiary alicyclic amines) is 1. The van der Waals surface area contributed by atoms with Crippen LogP contribution >= 0.6 is 0 Å². The van der Waals surface area contributed by atoms with E-state index in [1.807, 2.05) is 62.2 Å². The van der Waals surface area contributed by atoms with Gasteiger partial charge in [-0.15, -0.1) is 0 Å². The predicted octanol–water partition coefficient (Wildman–Crippen LogP) is 4.92. The quantitative estimate of drug-likeness (QED) is 0.264. The van der Waals surface area contributed by atoms with E-state index in [9.17, 15) is 13.2 Å². The zero-order valence-corrected chi connectivity index (χ0v) is 28.4. The van der Waals surface area contributed by atoms with Crippen LogP contribution in [0, 0.1) is 13.8 Å². The SMILES string of the molecule is Cc1ccc(NC(=O)N(c2ccc(C)nc2)C2CCN(Cc3ccc(Oc4ccc(S(=O)(=O)N5CCN(C)CC5)cc4)nc3)CC2)cn1. The normalized spacial score (nSPS) is 16.8. The van der Waals surface area contributed by atoms with Crippen LogP contribution in [0.25, 0.3) is 0 Å². The lowest BCUT2D eigenvalue weighted by atomic mass is 10.0. The molecule has 2 fully saturated rings. The van der Waals surface area contributed by atoms with E-state index in [2.05, 4.69) is 30.1 Å². The number of carbonyl (C=O) groups is 1. The Morgan fingerprint density at radius 3 is 2.12 bits per heavy atom. The summed E-state index contributed by atoms with van der Waals surface area (Å²) in [4.78, 5) is 33.4. The zero-order chi connectivity index (χ0) is 33.7. The summed E-state index contributed by atoms with van der Waals surface area (Å²) in [7, 11) is -1.54. The Morgan fingerprint density at radius 2 is 1.52 bits per heavy atom. The van der Waals surface area contributed by atoms with E-state index < -0.39 is 10.0 Å². The van der Waals surface area contributed by atoms with Gasteiger partial charge in [0.05, 0.1) is 28.7 Å². The number of aryl methyl sites for hydroxylation is 2. The number of carbonyl (C=O) groups excluding carboxylic acids is 1. The number of amides is 2. The van der Waals surface area contributed by atoms with Gasteiger partial charge in [-0.1, -0.05) is 6.07 Å². The molecule has 0 saturated carbocycles. The molecule has 2 aliphatic rings. The lowest BCUT2D eigenvalue weighted by molar-refractivity contribution is 0.199. The van der Waals surface area contributed by atoms with Crippen LogP contribution in [0.3, 0.4) is 0 Å². The molecule has 48 heavy (non-hydrogen) atoms. The zero-order valence-electron chi connectivity index (χ0n) is 27.6. The second-order valence-corrected chi connectivity index (χ2v) is 14.4. The van der Waals surface area contributed by atoms with Gasteiger partial charge in [0, 0.05) is 75.5 Å². The van der Waals surface area contributed by atoms with E-state index in [1.54, 1.807) is 42.9 Å². The Morgan fingerprint density at radius 1 is 0.833 bits per heavy atom. The minimum atomic E-state index is -3.53. The molecule has 0 spiro atoms. The van der Waals surface area contributed by atoms with Gasteiger partial charge in [-0.25, -0.2) is 18.2 Å². The number of nitrogens with one attached hydrogen (secondary N) is 1. The van der Waals surface area contributed by atoms with Gasteiger partial charge in [0.2, 0.25) is 15.9 Å². The Hall–Kier alpha value is -4.43. The van der Waals surface area contributed by atoms with E-state index >= 15 is 0 Å². The first kappa shape index (κ1) is 33.5. The number of piperazine rings is 1. The van der Waals surface area contributed by atoms with E-state index in [-0.39, 0.29) is 17.0 Å². The molecule has 1 N–H and O–H groups in total. The topological polar surface area (TPSA) is 124 Å². The number of hydrogen-bond donors (Lipinski definition) is 1. The molecule has 5 heterocycles. The number of nitrogens with zero attached hydrogens (tertiary/aromatic N) is 7. The summed E-state index contributed by atoms with van der Waals surface area (Å²) in [6.45, 7) is 8.62. The number of benzene rings is 1. The molecule has 2 aliphatic heterocycles. The summed E-state index contributed by atoms with van der Waals surface area (Å²) in [6.07, 6.45) is 6.85. The number of ether oxygens (including phenoxy) is 1. The van der Waals surface area contributed by atoms with Gasteiger partial charge >= 0.3 is 6.03 Å². The number of likely N-dealkylation sites (N-methyl/N-ethyl adjacent to an activating group) is 1. The molecule has 12 nitrogen and oxygen atoms in total. The highest BCUT2D eigenvalue weighted by Gasteiger charge is 2.30. The van der Waals surface area contributed by atoms with Gasteiger partial charge in [0.1, 0.15) is 5.75 Å². The van der Waals surface area contributed by atoms with E-state index in [1.165, 1.54) is 4.31 Å². The first-order valence-electron chi connectivity index (χ1n) is 16.2. The summed E-state index contributed by atoms with van der Waals surface area (Å²) in [5.74, 6) is 0.954. The maximum Gasteiger partial charge on any atom is 0.326 e. The van der Waals surface area contributed by atoms with Crippen molar-refractivity contribution in [3.8, 4) is 11.6 Å². The average Bonchev–Trinajstić information content (AvgIpc) is 3.09. The van der Waals surface area contributed by atoms with Crippen molar-refractivity contribution in [3.63, 3.8) is 0 Å². The van der Waals surface area contributed by atoms with Crippen LogP contribution in [0.4, 0.5) is 16.2 Å². The molecule has 0 bridgehead atoms. The number of aromatic nitrogens is 3. The van der Waals surface area contributed by atoms with Crippen molar-refractivity contribution in [2.45, 2.75) is 44.2 Å². The number of rotatable bonds is 9. The standard InChI is InChI=1S/C35H42N8O4S/c1-26-4-7-29(23-36-26)39-35(44)43(31-8-5-27(2)37-24-31)30-14-16-41(17-15-30)25-28-6-13-34(38-22-28)47-32-9-11-33(12-10-32)48(45,46)42-20-18-40(3)19-21-42/h4-13,22-24,30H,14-21,25H2,1-3H3,(H,39,44). The van der Waals surface area contributed by atoms with Crippen molar-refractivity contribution in [2.24, 2.45) is 0 Å². The van der Waals surface area contributed by atoms with E-state index in [0.29, 0.717) is 30.4 Å². The summed E-state index contributed by atoms with van der Waals surface area (Å²) in [5.41, 5.74) is 4.26. The van der Waals surface area contributed by atoms with Crippen molar-refractivity contribution in [3.05, 3.63) is 96.2 Å². The van der Waals surface area contributed by atoms with Crippen LogP contribution in [-0.4, -0.2) is 95.9 Å². The molecular formula is C35H42N8O4S. The van der Waals surface area contributed by atoms with Crippen molar-refractivity contribution in [1.82, 2.24) is 29.1 Å². The summed E-state index contributed by atoms with van der Waals surface area (Å²) in [5, 5.41) is 3.01. The van der Waals surface area contributed by atoms with Gasteiger partial charge in [0.25, 0.3) is 0 Å². The number of hydrogen-bond acceptors (Lipinski definition) is 9. The molecule has 0 atom stereocenters. The first-order chi connectivity index (χ1) is 23.1. The van der Waals surface area contributed by atoms with Gasteiger partial charge in [-0.05, 0) is 87.8 Å². The average molecular weight is 671 g/mol. The number of urea groups is 1. The Balaban J connectivity index is 1.03. The number of piperidine rings is 1. The smallest absolute Gasteiger partial charge is 0.326 e. The van der Waals surface area contributed by atoms with Gasteiger partial charge in [-0.2, -0.15) is 4.31 Å².